The Hall–Kier alpha value is -14.2. The van der Waals surface area contributed by atoms with Crippen LogP contribution >= 0.6 is 0 Å². The van der Waals surface area contributed by atoms with Gasteiger partial charge in [-0.25, -0.2) is 24.9 Å². The lowest BCUT2D eigenvalue weighted by Gasteiger charge is -2.14. The topological polar surface area (TPSA) is 152 Å². The van der Waals surface area contributed by atoms with Crippen molar-refractivity contribution in [1.29, 1.82) is 0 Å². The molecule has 102 heavy (non-hydrogen) atoms. The minimum atomic E-state index is 0.793. The summed E-state index contributed by atoms with van der Waals surface area (Å²) < 4.78 is 0. The van der Waals surface area contributed by atoms with Crippen LogP contribution in [0.5, 0.6) is 0 Å². The van der Waals surface area contributed by atoms with Gasteiger partial charge in [-0.3, -0.25) is 9.97 Å². The Balaban J connectivity index is 0.000000142. The lowest BCUT2D eigenvalue weighted by atomic mass is 9.94. The molecule has 476 valence electrons. The Bertz CT molecular complexity index is 6520. The van der Waals surface area contributed by atoms with Crippen molar-refractivity contribution in [3.63, 3.8) is 0 Å². The van der Waals surface area contributed by atoms with Crippen molar-refractivity contribution >= 4 is 87.2 Å². The molecule has 11 aromatic carbocycles. The zero-order valence-electron chi connectivity index (χ0n) is 54.6. The van der Waals surface area contributed by atoms with E-state index in [1.54, 1.807) is 22.0 Å². The van der Waals surface area contributed by atoms with Gasteiger partial charge in [0, 0.05) is 83.3 Å². The van der Waals surface area contributed by atoms with E-state index in [0.29, 0.717) is 0 Å². The molecule has 20 aromatic rings. The lowest BCUT2D eigenvalue weighted by molar-refractivity contribution is 0.766. The van der Waals surface area contributed by atoms with Gasteiger partial charge in [0.05, 0.1) is 79.0 Å². The van der Waals surface area contributed by atoms with Gasteiger partial charge in [-0.2, -0.15) is 9.59 Å². The molecule has 0 aliphatic carbocycles. The second kappa shape index (κ2) is 25.0. The van der Waals surface area contributed by atoms with Crippen LogP contribution in [0.2, 0.25) is 0 Å². The molecule has 0 fully saturated rings. The molecule has 13 nitrogen and oxygen atoms in total. The number of benzene rings is 11. The van der Waals surface area contributed by atoms with Crippen molar-refractivity contribution in [2.75, 3.05) is 0 Å². The molecule has 0 radical (unpaired) electrons. The van der Waals surface area contributed by atoms with E-state index in [9.17, 15) is 0 Å². The summed E-state index contributed by atoms with van der Waals surface area (Å²) in [7, 11) is 0. The Kier molecular flexibility index (Phi) is 14.5. The van der Waals surface area contributed by atoms with E-state index in [-0.39, 0.29) is 0 Å². The van der Waals surface area contributed by atoms with Crippen LogP contribution in [-0.2, 0) is 0 Å². The molecule has 9 aromatic heterocycles. The van der Waals surface area contributed by atoms with Gasteiger partial charge in [-0.1, -0.05) is 224 Å². The third-order valence-corrected chi connectivity index (χ3v) is 18.8. The highest BCUT2D eigenvalue weighted by Crippen LogP contribution is 2.43. The van der Waals surface area contributed by atoms with Crippen LogP contribution in [0, 0.1) is 0 Å². The van der Waals surface area contributed by atoms with Crippen molar-refractivity contribution in [3.05, 3.63) is 334 Å². The number of nitrogens with zero attached hydrogens (tertiary/aromatic N) is 13. The molecule has 13 heteroatoms. The van der Waals surface area contributed by atoms with Gasteiger partial charge in [0.15, 0.2) is 0 Å². The van der Waals surface area contributed by atoms with Crippen LogP contribution in [0.1, 0.15) is 0 Å². The average molecular weight is 1310 g/mol. The second-order valence-electron chi connectivity index (χ2n) is 25.0. The molecular weight excluding hydrogens is 1250 g/mol. The summed E-state index contributed by atoms with van der Waals surface area (Å²) in [5.41, 5.74) is 23.7. The van der Waals surface area contributed by atoms with Crippen LogP contribution in [0.25, 0.3) is 189 Å². The van der Waals surface area contributed by atoms with Crippen LogP contribution in [0.3, 0.4) is 0 Å². The number of rotatable bonds is 10. The monoisotopic (exact) mass is 1310 g/mol. The number of para-hydroxylation sites is 4. The maximum absolute atomic E-state index is 5.42. The van der Waals surface area contributed by atoms with Gasteiger partial charge in [0.2, 0.25) is 0 Å². The fourth-order valence-corrected chi connectivity index (χ4v) is 13.9. The highest BCUT2D eigenvalue weighted by atomic mass is 15.5. The van der Waals surface area contributed by atoms with Gasteiger partial charge < -0.3 is 0 Å². The van der Waals surface area contributed by atoms with E-state index >= 15 is 0 Å². The Morgan fingerprint density at radius 3 is 1.15 bits per heavy atom. The molecule has 0 aliphatic rings. The summed E-state index contributed by atoms with van der Waals surface area (Å²) in [5, 5.41) is 28.1. The van der Waals surface area contributed by atoms with Crippen molar-refractivity contribution in [2.45, 2.75) is 0 Å². The minimum absolute atomic E-state index is 0.793. The van der Waals surface area contributed by atoms with Gasteiger partial charge in [0.1, 0.15) is 22.1 Å². The quantitative estimate of drug-likeness (QED) is 0.120. The molecular formula is C89H55N13. The first-order valence-corrected chi connectivity index (χ1v) is 33.7. The Morgan fingerprint density at radius 1 is 0.216 bits per heavy atom. The number of hydrogen-bond donors (Lipinski definition) is 0. The lowest BCUT2D eigenvalue weighted by Crippen LogP contribution is -1.97. The molecule has 20 rings (SSSR count). The standard InChI is InChI=1S/C46H29N7.C43H26N6/c1-3-12-32(13-4-1)44-37-24-25-40-46(52-53(51-40)34-14-5-2-6-15-34)43(37)36-17-11-16-35(45(36)50-44)31-22-20-30(21-23-31)33-28-41(38-18-7-9-26-47-38)49-42(29-33)39-19-8-10-27-48-39;1-4-11-27(12-5-1)35-24-21-29-19-20-30-22-25-36(45-41(30)40(29)44-35)32-17-10-18-33-38-34(39(46-42(32)33)28-13-6-2-7-14-28)23-26-37-43(38)48-49(47-37)31-15-8-3-9-16-31/h1-29H;1-26H. The van der Waals surface area contributed by atoms with Crippen LogP contribution < -0.4 is 0 Å². The maximum Gasteiger partial charge on any atom is 0.122 e. The van der Waals surface area contributed by atoms with Gasteiger partial charge in [-0.05, 0) is 114 Å². The normalized spacial score (nSPS) is 11.5. The zero-order valence-corrected chi connectivity index (χ0v) is 54.6. The van der Waals surface area contributed by atoms with Gasteiger partial charge in [-0.15, -0.1) is 20.4 Å². The predicted octanol–water partition coefficient (Wildman–Crippen LogP) is 20.9. The molecule has 9 heterocycles. The fraction of sp³-hybridized carbons (Fsp3) is 0. The van der Waals surface area contributed by atoms with Crippen molar-refractivity contribution < 1.29 is 0 Å². The Labute approximate surface area is 584 Å². The third-order valence-electron chi connectivity index (χ3n) is 18.8. The van der Waals surface area contributed by atoms with E-state index in [0.717, 1.165) is 189 Å². The largest absolute Gasteiger partial charge is 0.255 e. The molecule has 0 amide bonds. The van der Waals surface area contributed by atoms with Crippen LogP contribution in [0.15, 0.2) is 334 Å². The number of pyridine rings is 7. The van der Waals surface area contributed by atoms with E-state index in [2.05, 4.69) is 192 Å². The number of fused-ring (bicyclic) bond motifs is 13. The molecule has 0 spiro atoms. The fourth-order valence-electron chi connectivity index (χ4n) is 13.9. The van der Waals surface area contributed by atoms with E-state index in [1.807, 2.05) is 140 Å². The molecule has 0 bridgehead atoms. The first-order chi connectivity index (χ1) is 50.5. The molecule has 0 unspecified atom stereocenters. The molecule has 0 saturated heterocycles. The summed E-state index contributed by atoms with van der Waals surface area (Å²) in [6, 6.07) is 109. The van der Waals surface area contributed by atoms with Crippen LogP contribution in [-0.4, -0.2) is 64.9 Å². The summed E-state index contributed by atoms with van der Waals surface area (Å²) in [5.74, 6) is 0. The summed E-state index contributed by atoms with van der Waals surface area (Å²) in [6.07, 6.45) is 3.58. The Morgan fingerprint density at radius 2 is 0.647 bits per heavy atom. The van der Waals surface area contributed by atoms with Crippen molar-refractivity contribution in [1.82, 2.24) is 64.9 Å². The first kappa shape index (κ1) is 59.1. The minimum Gasteiger partial charge on any atom is -0.255 e. The van der Waals surface area contributed by atoms with Crippen LogP contribution in [0.4, 0.5) is 0 Å². The molecule has 0 atom stereocenters. The van der Waals surface area contributed by atoms with Crippen molar-refractivity contribution in [3.8, 4) is 101 Å². The van der Waals surface area contributed by atoms with Gasteiger partial charge >= 0.3 is 0 Å². The summed E-state index contributed by atoms with van der Waals surface area (Å²) in [6.45, 7) is 0. The van der Waals surface area contributed by atoms with E-state index in [1.165, 1.54) is 0 Å². The predicted molar refractivity (Wildman–Crippen MR) is 411 cm³/mol. The molecule has 0 saturated carbocycles. The third kappa shape index (κ3) is 10.6. The van der Waals surface area contributed by atoms with Crippen molar-refractivity contribution in [2.24, 2.45) is 0 Å². The van der Waals surface area contributed by atoms with E-state index < -0.39 is 0 Å². The number of hydrogen-bond acceptors (Lipinski definition) is 11. The first-order valence-electron chi connectivity index (χ1n) is 33.7. The number of aromatic nitrogens is 13. The maximum atomic E-state index is 5.42. The summed E-state index contributed by atoms with van der Waals surface area (Å²) >= 11 is 0. The second-order valence-corrected chi connectivity index (χ2v) is 25.0. The average Bonchev–Trinajstić information content (AvgIpc) is 1.29. The zero-order chi connectivity index (χ0) is 67.5. The van der Waals surface area contributed by atoms with E-state index in [4.69, 9.17) is 45.3 Å². The SMILES string of the molecule is c1ccc(-c2ccc3ccc4ccc(-c5cccc6c5nc(-c5ccccc5)c5ccc7nn(-c8ccccc8)nc7c56)nc4c3n2)cc1.c1ccc(-c2nc3c(-c4ccc(-c5cc(-c6ccccn6)nc(-c6ccccn6)c5)cc4)cccc3c3c2ccc2nn(-c4ccccc4)nc23)cc1. The summed E-state index contributed by atoms with van der Waals surface area (Å²) in [4.78, 5) is 38.8. The molecule has 0 aliphatic heterocycles. The highest BCUT2D eigenvalue weighted by Gasteiger charge is 2.23. The smallest absolute Gasteiger partial charge is 0.122 e. The van der Waals surface area contributed by atoms with Gasteiger partial charge in [0.25, 0.3) is 0 Å². The highest BCUT2D eigenvalue weighted by molar-refractivity contribution is 6.24. The molecule has 0 N–H and O–H groups in total.